The molecule has 15 heavy (non-hydrogen) atoms. The van der Waals surface area contributed by atoms with E-state index in [9.17, 15) is 4.79 Å². The molecule has 1 aromatic heterocycles. The fourth-order valence-corrected chi connectivity index (χ4v) is 2.54. The number of nitrogens with two attached hydrogens (primary N) is 1. The highest BCUT2D eigenvalue weighted by Crippen LogP contribution is 2.22. The van der Waals surface area contributed by atoms with Crippen molar-refractivity contribution in [1.82, 2.24) is 10.3 Å². The molecular formula is C9H14N4OS. The van der Waals surface area contributed by atoms with Crippen molar-refractivity contribution in [1.29, 1.82) is 0 Å². The minimum Gasteiger partial charge on any atom is -0.368 e. The standard InChI is InChI=1S/C9H14N4OS/c1-6-5-15-9(12-6)13-3-2-11-4-7(13)8(10)14/h5,7,11H,2-4H2,1H3,(H2,10,14). The molecule has 0 radical (unpaired) electrons. The number of nitrogens with one attached hydrogen (secondary N) is 1. The summed E-state index contributed by atoms with van der Waals surface area (Å²) in [5, 5.41) is 6.03. The number of thiazole rings is 1. The molecular weight excluding hydrogens is 212 g/mol. The molecule has 0 bridgehead atoms. The Kier molecular flexibility index (Phi) is 2.88. The molecule has 0 aliphatic carbocycles. The molecule has 1 unspecified atom stereocenters. The van der Waals surface area contributed by atoms with Gasteiger partial charge in [0.05, 0.1) is 5.69 Å². The molecule has 5 nitrogen and oxygen atoms in total. The molecule has 1 saturated heterocycles. The average molecular weight is 226 g/mol. The minimum atomic E-state index is -0.296. The third kappa shape index (κ3) is 2.10. The lowest BCUT2D eigenvalue weighted by Crippen LogP contribution is -2.57. The van der Waals surface area contributed by atoms with Gasteiger partial charge < -0.3 is 16.0 Å². The van der Waals surface area contributed by atoms with Gasteiger partial charge in [-0.2, -0.15) is 0 Å². The van der Waals surface area contributed by atoms with Crippen molar-refractivity contribution >= 4 is 22.4 Å². The SMILES string of the molecule is Cc1csc(N2CCNCC2C(N)=O)n1. The van der Waals surface area contributed by atoms with Crippen LogP contribution in [0.1, 0.15) is 5.69 Å². The Morgan fingerprint density at radius 1 is 1.80 bits per heavy atom. The van der Waals surface area contributed by atoms with E-state index >= 15 is 0 Å². The Labute approximate surface area is 92.3 Å². The molecule has 0 aromatic carbocycles. The number of aryl methyl sites for hydroxylation is 1. The van der Waals surface area contributed by atoms with Crippen molar-refractivity contribution in [3.05, 3.63) is 11.1 Å². The van der Waals surface area contributed by atoms with E-state index in [4.69, 9.17) is 5.73 Å². The van der Waals surface area contributed by atoms with Crippen LogP contribution in [0.3, 0.4) is 0 Å². The summed E-state index contributed by atoms with van der Waals surface area (Å²) in [6.45, 7) is 4.19. The highest BCUT2D eigenvalue weighted by molar-refractivity contribution is 7.13. The normalized spacial score (nSPS) is 21.7. The van der Waals surface area contributed by atoms with Crippen LogP contribution in [0.5, 0.6) is 0 Å². The molecule has 1 aliphatic rings. The molecule has 6 heteroatoms. The first-order valence-corrected chi connectivity index (χ1v) is 5.75. The second-order valence-electron chi connectivity index (χ2n) is 3.59. The van der Waals surface area contributed by atoms with E-state index in [0.717, 1.165) is 23.9 Å². The number of anilines is 1. The molecule has 1 fully saturated rings. The van der Waals surface area contributed by atoms with Gasteiger partial charge in [0.15, 0.2) is 5.13 Å². The van der Waals surface area contributed by atoms with Gasteiger partial charge in [-0.1, -0.05) is 0 Å². The summed E-state index contributed by atoms with van der Waals surface area (Å²) in [4.78, 5) is 17.6. The maximum Gasteiger partial charge on any atom is 0.241 e. The predicted molar refractivity (Wildman–Crippen MR) is 60.0 cm³/mol. The largest absolute Gasteiger partial charge is 0.368 e. The van der Waals surface area contributed by atoms with Crippen molar-refractivity contribution in [3.63, 3.8) is 0 Å². The number of hydrogen-bond acceptors (Lipinski definition) is 5. The van der Waals surface area contributed by atoms with E-state index in [0.29, 0.717) is 6.54 Å². The topological polar surface area (TPSA) is 71.2 Å². The molecule has 1 atom stereocenters. The number of carbonyl (C=O) groups is 1. The quantitative estimate of drug-likeness (QED) is 0.727. The second kappa shape index (κ2) is 4.16. The van der Waals surface area contributed by atoms with Crippen molar-refractivity contribution in [2.75, 3.05) is 24.5 Å². The van der Waals surface area contributed by atoms with E-state index < -0.39 is 0 Å². The summed E-state index contributed by atoms with van der Waals surface area (Å²) >= 11 is 1.56. The summed E-state index contributed by atoms with van der Waals surface area (Å²) in [5.74, 6) is -0.296. The lowest BCUT2D eigenvalue weighted by molar-refractivity contribution is -0.119. The molecule has 2 heterocycles. The Morgan fingerprint density at radius 2 is 2.60 bits per heavy atom. The molecule has 3 N–H and O–H groups in total. The van der Waals surface area contributed by atoms with Gasteiger partial charge in [0.2, 0.25) is 5.91 Å². The van der Waals surface area contributed by atoms with Gasteiger partial charge in [0.25, 0.3) is 0 Å². The molecule has 0 spiro atoms. The predicted octanol–water partition coefficient (Wildman–Crippen LogP) is -0.285. The fraction of sp³-hybridized carbons (Fsp3) is 0.556. The van der Waals surface area contributed by atoms with Crippen molar-refractivity contribution < 1.29 is 4.79 Å². The second-order valence-corrected chi connectivity index (χ2v) is 4.42. The summed E-state index contributed by atoms with van der Waals surface area (Å²) in [5.41, 5.74) is 6.34. The average Bonchev–Trinajstić information content (AvgIpc) is 2.65. The summed E-state index contributed by atoms with van der Waals surface area (Å²) in [6, 6.07) is -0.274. The summed E-state index contributed by atoms with van der Waals surface area (Å²) < 4.78 is 0. The first-order chi connectivity index (χ1) is 7.18. The van der Waals surface area contributed by atoms with Gasteiger partial charge in [0, 0.05) is 25.0 Å². The number of nitrogens with zero attached hydrogens (tertiary/aromatic N) is 2. The van der Waals surface area contributed by atoms with Gasteiger partial charge in [-0.05, 0) is 6.92 Å². The highest BCUT2D eigenvalue weighted by atomic mass is 32.1. The number of rotatable bonds is 2. The van der Waals surface area contributed by atoms with Gasteiger partial charge in [-0.25, -0.2) is 4.98 Å². The van der Waals surface area contributed by atoms with E-state index in [1.807, 2.05) is 17.2 Å². The Bertz CT molecular complexity index is 365. The van der Waals surface area contributed by atoms with Crippen molar-refractivity contribution in [3.8, 4) is 0 Å². The monoisotopic (exact) mass is 226 g/mol. The number of carbonyl (C=O) groups excluding carboxylic acids is 1. The third-order valence-corrected chi connectivity index (χ3v) is 3.42. The zero-order chi connectivity index (χ0) is 10.8. The Balaban J connectivity index is 2.21. The first-order valence-electron chi connectivity index (χ1n) is 4.87. The highest BCUT2D eigenvalue weighted by Gasteiger charge is 2.28. The lowest BCUT2D eigenvalue weighted by atomic mass is 10.2. The minimum absolute atomic E-state index is 0.274. The Morgan fingerprint density at radius 3 is 3.20 bits per heavy atom. The summed E-state index contributed by atoms with van der Waals surface area (Å²) in [7, 11) is 0. The van der Waals surface area contributed by atoms with Gasteiger partial charge in [0.1, 0.15) is 6.04 Å². The van der Waals surface area contributed by atoms with Crippen LogP contribution in [0.2, 0.25) is 0 Å². The van der Waals surface area contributed by atoms with Crippen LogP contribution >= 0.6 is 11.3 Å². The van der Waals surface area contributed by atoms with Crippen LogP contribution in [0.25, 0.3) is 0 Å². The zero-order valence-corrected chi connectivity index (χ0v) is 9.38. The van der Waals surface area contributed by atoms with Crippen LogP contribution in [-0.4, -0.2) is 36.6 Å². The van der Waals surface area contributed by atoms with Crippen LogP contribution in [0.15, 0.2) is 5.38 Å². The van der Waals surface area contributed by atoms with Crippen LogP contribution in [0.4, 0.5) is 5.13 Å². The third-order valence-electron chi connectivity index (χ3n) is 2.42. The lowest BCUT2D eigenvalue weighted by Gasteiger charge is -2.33. The van der Waals surface area contributed by atoms with Crippen LogP contribution in [-0.2, 0) is 4.79 Å². The van der Waals surface area contributed by atoms with Crippen molar-refractivity contribution in [2.24, 2.45) is 5.73 Å². The van der Waals surface area contributed by atoms with Gasteiger partial charge >= 0.3 is 0 Å². The molecule has 1 aromatic rings. The molecule has 0 saturated carbocycles. The zero-order valence-electron chi connectivity index (χ0n) is 8.56. The van der Waals surface area contributed by atoms with E-state index in [-0.39, 0.29) is 11.9 Å². The van der Waals surface area contributed by atoms with E-state index in [1.54, 1.807) is 11.3 Å². The van der Waals surface area contributed by atoms with Crippen molar-refractivity contribution in [2.45, 2.75) is 13.0 Å². The fourth-order valence-electron chi connectivity index (χ4n) is 1.66. The van der Waals surface area contributed by atoms with E-state index in [1.165, 1.54) is 0 Å². The maximum absolute atomic E-state index is 11.3. The molecule has 1 aliphatic heterocycles. The Hall–Kier alpha value is -1.14. The number of primary amides is 1. The van der Waals surface area contributed by atoms with Crippen LogP contribution in [0, 0.1) is 6.92 Å². The van der Waals surface area contributed by atoms with Gasteiger partial charge in [-0.15, -0.1) is 11.3 Å². The number of hydrogen-bond donors (Lipinski definition) is 2. The molecule has 82 valence electrons. The van der Waals surface area contributed by atoms with E-state index in [2.05, 4.69) is 10.3 Å². The number of piperazine rings is 1. The number of amides is 1. The smallest absolute Gasteiger partial charge is 0.241 e. The van der Waals surface area contributed by atoms with Crippen LogP contribution < -0.4 is 16.0 Å². The maximum atomic E-state index is 11.3. The molecule has 1 amide bonds. The summed E-state index contributed by atoms with van der Waals surface area (Å²) in [6.07, 6.45) is 0. The number of aromatic nitrogens is 1. The first kappa shape index (κ1) is 10.4. The molecule has 2 rings (SSSR count). The van der Waals surface area contributed by atoms with Gasteiger partial charge in [-0.3, -0.25) is 4.79 Å².